The van der Waals surface area contributed by atoms with Crippen molar-refractivity contribution in [2.24, 2.45) is 0 Å². The summed E-state index contributed by atoms with van der Waals surface area (Å²) in [5.74, 6) is -0.128. The van der Waals surface area contributed by atoms with Crippen LogP contribution in [0.25, 0.3) is 0 Å². The molecular formula is C10H16N4O2. The molecule has 1 saturated heterocycles. The van der Waals surface area contributed by atoms with E-state index in [0.717, 1.165) is 5.69 Å². The number of carbonyl (C=O) groups excluding carboxylic acids is 1. The SMILES string of the molecule is Cc1[nH]nc(C(=O)N2CCOC(C)C2)c1N. The summed E-state index contributed by atoms with van der Waals surface area (Å²) in [5, 5.41) is 6.65. The highest BCUT2D eigenvalue weighted by Gasteiger charge is 2.26. The maximum absolute atomic E-state index is 12.1. The van der Waals surface area contributed by atoms with Gasteiger partial charge in [0.15, 0.2) is 5.69 Å². The number of aromatic amines is 1. The third-order valence-corrected chi connectivity index (χ3v) is 2.73. The number of ether oxygens (including phenoxy) is 1. The van der Waals surface area contributed by atoms with Crippen LogP contribution in [-0.2, 0) is 4.74 Å². The highest BCUT2D eigenvalue weighted by molar-refractivity contribution is 5.97. The summed E-state index contributed by atoms with van der Waals surface area (Å²) in [4.78, 5) is 13.8. The monoisotopic (exact) mass is 224 g/mol. The van der Waals surface area contributed by atoms with Gasteiger partial charge in [-0.2, -0.15) is 5.10 Å². The molecule has 2 rings (SSSR count). The van der Waals surface area contributed by atoms with Gasteiger partial charge in [0, 0.05) is 13.1 Å². The zero-order valence-corrected chi connectivity index (χ0v) is 9.49. The molecule has 0 aromatic carbocycles. The topological polar surface area (TPSA) is 84.2 Å². The van der Waals surface area contributed by atoms with E-state index in [0.29, 0.717) is 31.1 Å². The fraction of sp³-hybridized carbons (Fsp3) is 0.600. The minimum atomic E-state index is -0.128. The van der Waals surface area contributed by atoms with Crippen LogP contribution in [0.4, 0.5) is 5.69 Å². The molecule has 0 spiro atoms. The summed E-state index contributed by atoms with van der Waals surface area (Å²) in [6.07, 6.45) is 0.0685. The highest BCUT2D eigenvalue weighted by Crippen LogP contribution is 2.16. The normalized spacial score (nSPS) is 21.1. The van der Waals surface area contributed by atoms with E-state index in [1.54, 1.807) is 11.8 Å². The van der Waals surface area contributed by atoms with Crippen molar-refractivity contribution in [3.05, 3.63) is 11.4 Å². The summed E-state index contributed by atoms with van der Waals surface area (Å²) < 4.78 is 5.38. The Morgan fingerprint density at radius 3 is 3.00 bits per heavy atom. The van der Waals surface area contributed by atoms with Crippen LogP contribution in [0.3, 0.4) is 0 Å². The summed E-state index contributed by atoms with van der Waals surface area (Å²) in [6.45, 7) is 5.48. The Hall–Kier alpha value is -1.56. The van der Waals surface area contributed by atoms with E-state index in [2.05, 4.69) is 10.2 Å². The molecule has 1 aromatic heterocycles. The number of nitrogen functional groups attached to an aromatic ring is 1. The van der Waals surface area contributed by atoms with Crippen molar-refractivity contribution in [2.75, 3.05) is 25.4 Å². The van der Waals surface area contributed by atoms with Crippen LogP contribution in [0.1, 0.15) is 23.1 Å². The average molecular weight is 224 g/mol. The molecule has 3 N–H and O–H groups in total. The number of aryl methyl sites for hydroxylation is 1. The molecule has 0 bridgehead atoms. The first kappa shape index (κ1) is 10.9. The van der Waals surface area contributed by atoms with Crippen LogP contribution in [0.15, 0.2) is 0 Å². The van der Waals surface area contributed by atoms with E-state index < -0.39 is 0 Å². The number of nitrogens with zero attached hydrogens (tertiary/aromatic N) is 2. The number of amides is 1. The lowest BCUT2D eigenvalue weighted by molar-refractivity contribution is -0.0126. The Bertz CT molecular complexity index is 402. The second-order valence-corrected chi connectivity index (χ2v) is 4.04. The first-order chi connectivity index (χ1) is 7.59. The van der Waals surface area contributed by atoms with Gasteiger partial charge in [0.25, 0.3) is 5.91 Å². The Morgan fingerprint density at radius 2 is 2.44 bits per heavy atom. The molecule has 1 amide bonds. The maximum atomic E-state index is 12.1. The highest BCUT2D eigenvalue weighted by atomic mass is 16.5. The number of hydrogen-bond acceptors (Lipinski definition) is 4. The maximum Gasteiger partial charge on any atom is 0.276 e. The summed E-state index contributed by atoms with van der Waals surface area (Å²) in [7, 11) is 0. The fourth-order valence-electron chi connectivity index (χ4n) is 1.75. The van der Waals surface area contributed by atoms with Gasteiger partial charge in [-0.3, -0.25) is 9.89 Å². The van der Waals surface area contributed by atoms with Crippen molar-refractivity contribution in [3.63, 3.8) is 0 Å². The molecule has 6 nitrogen and oxygen atoms in total. The van der Waals surface area contributed by atoms with Gasteiger partial charge in [-0.05, 0) is 13.8 Å². The first-order valence-corrected chi connectivity index (χ1v) is 5.31. The lowest BCUT2D eigenvalue weighted by atomic mass is 10.2. The molecular weight excluding hydrogens is 208 g/mol. The second kappa shape index (κ2) is 4.13. The zero-order chi connectivity index (χ0) is 11.7. The molecule has 6 heteroatoms. The molecule has 2 heterocycles. The van der Waals surface area contributed by atoms with Crippen molar-refractivity contribution >= 4 is 11.6 Å². The predicted octanol–water partition coefficient (Wildman–Crippen LogP) is 0.161. The minimum absolute atomic E-state index is 0.0685. The number of rotatable bonds is 1. The number of carbonyl (C=O) groups is 1. The molecule has 1 aliphatic rings. The van der Waals surface area contributed by atoms with Crippen LogP contribution in [-0.4, -0.2) is 46.8 Å². The molecule has 0 radical (unpaired) electrons. The molecule has 0 aliphatic carbocycles. The van der Waals surface area contributed by atoms with Crippen LogP contribution in [0.5, 0.6) is 0 Å². The van der Waals surface area contributed by atoms with Crippen molar-refractivity contribution in [1.29, 1.82) is 0 Å². The predicted molar refractivity (Wildman–Crippen MR) is 59.1 cm³/mol. The lowest BCUT2D eigenvalue weighted by Gasteiger charge is -2.30. The number of hydrogen-bond donors (Lipinski definition) is 2. The standard InChI is InChI=1S/C10H16N4O2/c1-6-5-14(3-4-16-6)10(15)9-8(11)7(2)12-13-9/h6H,3-5,11H2,1-2H3,(H,12,13). The van der Waals surface area contributed by atoms with Crippen molar-refractivity contribution in [2.45, 2.75) is 20.0 Å². The van der Waals surface area contributed by atoms with Gasteiger partial charge in [-0.25, -0.2) is 0 Å². The molecule has 1 fully saturated rings. The Labute approximate surface area is 93.8 Å². The second-order valence-electron chi connectivity index (χ2n) is 4.04. The number of morpholine rings is 1. The van der Waals surface area contributed by atoms with E-state index in [-0.39, 0.29) is 12.0 Å². The van der Waals surface area contributed by atoms with Gasteiger partial charge in [0.05, 0.1) is 24.1 Å². The van der Waals surface area contributed by atoms with Crippen molar-refractivity contribution in [3.8, 4) is 0 Å². The van der Waals surface area contributed by atoms with Gasteiger partial charge in [0.1, 0.15) is 0 Å². The lowest BCUT2D eigenvalue weighted by Crippen LogP contribution is -2.44. The largest absolute Gasteiger partial charge is 0.395 e. The molecule has 1 aliphatic heterocycles. The van der Waals surface area contributed by atoms with Gasteiger partial charge in [0.2, 0.25) is 0 Å². The number of anilines is 1. The van der Waals surface area contributed by atoms with Gasteiger partial charge in [-0.15, -0.1) is 0 Å². The molecule has 0 saturated carbocycles. The Kier molecular flexibility index (Phi) is 2.82. The molecule has 1 unspecified atom stereocenters. The Morgan fingerprint density at radius 1 is 1.69 bits per heavy atom. The number of nitrogens with one attached hydrogen (secondary N) is 1. The van der Waals surface area contributed by atoms with E-state index >= 15 is 0 Å². The van der Waals surface area contributed by atoms with Crippen LogP contribution in [0.2, 0.25) is 0 Å². The average Bonchev–Trinajstić information content (AvgIpc) is 2.59. The third-order valence-electron chi connectivity index (χ3n) is 2.73. The van der Waals surface area contributed by atoms with Gasteiger partial charge < -0.3 is 15.4 Å². The molecule has 1 atom stereocenters. The smallest absolute Gasteiger partial charge is 0.276 e. The third kappa shape index (κ3) is 1.88. The Balaban J connectivity index is 2.15. The van der Waals surface area contributed by atoms with Crippen molar-refractivity contribution in [1.82, 2.24) is 15.1 Å². The fourth-order valence-corrected chi connectivity index (χ4v) is 1.75. The first-order valence-electron chi connectivity index (χ1n) is 5.31. The van der Waals surface area contributed by atoms with Crippen molar-refractivity contribution < 1.29 is 9.53 Å². The summed E-state index contributed by atoms with van der Waals surface area (Å²) in [5.41, 5.74) is 7.24. The number of nitrogens with two attached hydrogens (primary N) is 1. The summed E-state index contributed by atoms with van der Waals surface area (Å²) in [6, 6.07) is 0. The minimum Gasteiger partial charge on any atom is -0.395 e. The zero-order valence-electron chi connectivity index (χ0n) is 9.49. The summed E-state index contributed by atoms with van der Waals surface area (Å²) >= 11 is 0. The quantitative estimate of drug-likeness (QED) is 0.711. The van der Waals surface area contributed by atoms with E-state index in [9.17, 15) is 4.79 Å². The van der Waals surface area contributed by atoms with E-state index in [1.165, 1.54) is 0 Å². The number of aromatic nitrogens is 2. The van der Waals surface area contributed by atoms with Crippen LogP contribution < -0.4 is 5.73 Å². The van der Waals surface area contributed by atoms with Crippen LogP contribution >= 0.6 is 0 Å². The van der Waals surface area contributed by atoms with E-state index in [4.69, 9.17) is 10.5 Å². The molecule has 1 aromatic rings. The van der Waals surface area contributed by atoms with Crippen LogP contribution in [0, 0.1) is 6.92 Å². The number of H-pyrrole nitrogens is 1. The van der Waals surface area contributed by atoms with Gasteiger partial charge >= 0.3 is 0 Å². The van der Waals surface area contributed by atoms with Gasteiger partial charge in [-0.1, -0.05) is 0 Å². The van der Waals surface area contributed by atoms with E-state index in [1.807, 2.05) is 6.92 Å². The molecule has 88 valence electrons. The molecule has 16 heavy (non-hydrogen) atoms.